The lowest BCUT2D eigenvalue weighted by Gasteiger charge is -2.13. The van der Waals surface area contributed by atoms with E-state index >= 15 is 0 Å². The van der Waals surface area contributed by atoms with Gasteiger partial charge in [0.15, 0.2) is 5.15 Å². The second-order valence-electron chi connectivity index (χ2n) is 8.03. The van der Waals surface area contributed by atoms with Crippen LogP contribution in [0.1, 0.15) is 64.0 Å². The molecule has 0 radical (unpaired) electrons. The van der Waals surface area contributed by atoms with Crippen LogP contribution in [0.15, 0.2) is 48.5 Å². The van der Waals surface area contributed by atoms with Crippen molar-refractivity contribution in [1.82, 2.24) is 9.55 Å². The molecule has 8 nitrogen and oxygen atoms in total. The van der Waals surface area contributed by atoms with Crippen LogP contribution >= 0.6 is 11.6 Å². The summed E-state index contributed by atoms with van der Waals surface area (Å²) in [5, 5.41) is 12.5. The molecule has 1 amide bonds. The quantitative estimate of drug-likeness (QED) is 0.361. The molecule has 0 saturated heterocycles. The lowest BCUT2D eigenvalue weighted by molar-refractivity contribution is -0.140. The monoisotopic (exact) mass is 497 g/mol. The molecular formula is C26H28ClN3O5. The number of unbranched alkanes of at least 4 members (excludes halogenated alkanes) is 1. The molecule has 1 aromatic heterocycles. The summed E-state index contributed by atoms with van der Waals surface area (Å²) in [5.41, 5.74) is 2.32. The predicted octanol–water partition coefficient (Wildman–Crippen LogP) is 4.98. The molecule has 184 valence electrons. The molecular weight excluding hydrogens is 470 g/mol. The Balaban J connectivity index is 1.78. The fourth-order valence-electron chi connectivity index (χ4n) is 3.72. The van der Waals surface area contributed by atoms with E-state index in [4.69, 9.17) is 16.3 Å². The Morgan fingerprint density at radius 2 is 1.74 bits per heavy atom. The van der Waals surface area contributed by atoms with Gasteiger partial charge in [0.2, 0.25) is 0 Å². The second kappa shape index (κ2) is 12.2. The van der Waals surface area contributed by atoms with Gasteiger partial charge in [0.05, 0.1) is 30.4 Å². The van der Waals surface area contributed by atoms with Crippen molar-refractivity contribution in [3.05, 3.63) is 81.9 Å². The Bertz CT molecular complexity index is 1200. The minimum Gasteiger partial charge on any atom is -0.478 e. The molecule has 0 aliphatic heterocycles. The summed E-state index contributed by atoms with van der Waals surface area (Å²) in [4.78, 5) is 40.2. The molecule has 0 aliphatic carbocycles. The van der Waals surface area contributed by atoms with Crippen LogP contribution in [0.2, 0.25) is 5.15 Å². The van der Waals surface area contributed by atoms with Crippen molar-refractivity contribution in [2.45, 2.75) is 45.6 Å². The summed E-state index contributed by atoms with van der Waals surface area (Å²) < 4.78 is 6.80. The largest absolute Gasteiger partial charge is 0.478 e. The van der Waals surface area contributed by atoms with E-state index < -0.39 is 11.9 Å². The maximum Gasteiger partial charge on any atom is 0.336 e. The van der Waals surface area contributed by atoms with E-state index in [1.807, 2.05) is 16.7 Å². The third-order valence-corrected chi connectivity index (χ3v) is 5.91. The van der Waals surface area contributed by atoms with Gasteiger partial charge in [0.25, 0.3) is 5.91 Å². The summed E-state index contributed by atoms with van der Waals surface area (Å²) >= 11 is 6.42. The highest BCUT2D eigenvalue weighted by Crippen LogP contribution is 2.23. The van der Waals surface area contributed by atoms with Gasteiger partial charge in [-0.2, -0.15) is 0 Å². The molecule has 0 saturated carbocycles. The first-order chi connectivity index (χ1) is 16.8. The fourth-order valence-corrected chi connectivity index (χ4v) is 4.01. The van der Waals surface area contributed by atoms with Crippen LogP contribution in [-0.2, 0) is 28.9 Å². The van der Waals surface area contributed by atoms with Crippen molar-refractivity contribution in [2.75, 3.05) is 12.4 Å². The van der Waals surface area contributed by atoms with Crippen LogP contribution < -0.4 is 5.32 Å². The van der Waals surface area contributed by atoms with Gasteiger partial charge in [0, 0.05) is 25.1 Å². The van der Waals surface area contributed by atoms with E-state index in [1.165, 1.54) is 19.2 Å². The Morgan fingerprint density at radius 3 is 2.37 bits per heavy atom. The van der Waals surface area contributed by atoms with E-state index in [9.17, 15) is 19.5 Å². The van der Waals surface area contributed by atoms with Gasteiger partial charge >= 0.3 is 11.9 Å². The van der Waals surface area contributed by atoms with Gasteiger partial charge in [-0.25, -0.2) is 9.78 Å². The van der Waals surface area contributed by atoms with Crippen molar-refractivity contribution < 1.29 is 24.2 Å². The van der Waals surface area contributed by atoms with Crippen molar-refractivity contribution in [3.8, 4) is 0 Å². The number of hydrogen-bond acceptors (Lipinski definition) is 5. The van der Waals surface area contributed by atoms with E-state index in [0.29, 0.717) is 23.8 Å². The molecule has 3 rings (SSSR count). The predicted molar refractivity (Wildman–Crippen MR) is 133 cm³/mol. The van der Waals surface area contributed by atoms with Gasteiger partial charge in [-0.1, -0.05) is 49.2 Å². The standard InChI is InChI=1S/C26H28ClN3O5/c1-3-4-9-22-29-24(27)21(14-15-23(31)35-2)30(22)16-17-10-12-18(13-11-17)28-25(32)19-7-5-6-8-20(19)26(33)34/h5-8,10-13H,3-4,9,14-16H2,1-2H3,(H,28,32)(H,33,34). The zero-order valence-corrected chi connectivity index (χ0v) is 20.5. The molecule has 0 atom stereocenters. The van der Waals surface area contributed by atoms with Crippen LogP contribution in [0, 0.1) is 0 Å². The van der Waals surface area contributed by atoms with Gasteiger partial charge in [0.1, 0.15) is 5.82 Å². The lowest BCUT2D eigenvalue weighted by Crippen LogP contribution is -2.16. The number of anilines is 1. The number of benzene rings is 2. The Labute approximate surface area is 208 Å². The van der Waals surface area contributed by atoms with E-state index in [2.05, 4.69) is 17.2 Å². The SMILES string of the molecule is CCCCc1nc(Cl)c(CCC(=O)OC)n1Cc1ccc(NC(=O)c2ccccc2C(=O)O)cc1. The number of aromatic carboxylic acids is 1. The number of carbonyl (C=O) groups excluding carboxylic acids is 2. The summed E-state index contributed by atoms with van der Waals surface area (Å²) in [5.74, 6) is -1.11. The average molecular weight is 498 g/mol. The topological polar surface area (TPSA) is 111 Å². The number of nitrogens with zero attached hydrogens (tertiary/aromatic N) is 2. The number of nitrogens with one attached hydrogen (secondary N) is 1. The number of imidazole rings is 1. The Hall–Kier alpha value is -3.65. The number of carbonyl (C=O) groups is 3. The zero-order valence-electron chi connectivity index (χ0n) is 19.7. The molecule has 0 fully saturated rings. The van der Waals surface area contributed by atoms with Gasteiger partial charge < -0.3 is 19.7 Å². The number of hydrogen-bond donors (Lipinski definition) is 2. The number of carboxylic acids is 1. The Kier molecular flexibility index (Phi) is 9.03. The van der Waals surface area contributed by atoms with E-state index in [0.717, 1.165) is 36.3 Å². The minimum absolute atomic E-state index is 0.0577. The van der Waals surface area contributed by atoms with Crippen molar-refractivity contribution >= 4 is 35.1 Å². The average Bonchev–Trinajstić information content (AvgIpc) is 3.15. The molecule has 0 spiro atoms. The fraction of sp³-hybridized carbons (Fsp3) is 0.308. The number of halogens is 1. The minimum atomic E-state index is -1.16. The third-order valence-electron chi connectivity index (χ3n) is 5.60. The zero-order chi connectivity index (χ0) is 25.4. The normalized spacial score (nSPS) is 10.7. The number of esters is 1. The van der Waals surface area contributed by atoms with Crippen LogP contribution in [0.25, 0.3) is 0 Å². The number of aryl methyl sites for hydroxylation is 1. The van der Waals surface area contributed by atoms with Crippen molar-refractivity contribution in [2.24, 2.45) is 0 Å². The van der Waals surface area contributed by atoms with Gasteiger partial charge in [-0.05, 0) is 36.2 Å². The maximum absolute atomic E-state index is 12.6. The molecule has 2 N–H and O–H groups in total. The maximum atomic E-state index is 12.6. The summed E-state index contributed by atoms with van der Waals surface area (Å²) in [7, 11) is 1.36. The first kappa shape index (κ1) is 26.0. The highest BCUT2D eigenvalue weighted by atomic mass is 35.5. The lowest BCUT2D eigenvalue weighted by atomic mass is 10.1. The smallest absolute Gasteiger partial charge is 0.336 e. The van der Waals surface area contributed by atoms with Crippen LogP contribution in [0.3, 0.4) is 0 Å². The summed E-state index contributed by atoms with van der Waals surface area (Å²) in [6.07, 6.45) is 3.37. The highest BCUT2D eigenvalue weighted by Gasteiger charge is 2.18. The number of carboxylic acid groups (broad SMARTS) is 1. The first-order valence-corrected chi connectivity index (χ1v) is 11.7. The van der Waals surface area contributed by atoms with Crippen LogP contribution in [-0.4, -0.2) is 39.6 Å². The first-order valence-electron chi connectivity index (χ1n) is 11.4. The second-order valence-corrected chi connectivity index (χ2v) is 8.39. The molecule has 9 heteroatoms. The van der Waals surface area contributed by atoms with Crippen LogP contribution in [0.5, 0.6) is 0 Å². The number of rotatable bonds is 11. The molecule has 0 unspecified atom stereocenters. The third kappa shape index (κ3) is 6.70. The van der Waals surface area contributed by atoms with Crippen LogP contribution in [0.4, 0.5) is 5.69 Å². The summed E-state index contributed by atoms with van der Waals surface area (Å²) in [6, 6.07) is 13.3. The van der Waals surface area contributed by atoms with Crippen molar-refractivity contribution in [1.29, 1.82) is 0 Å². The van der Waals surface area contributed by atoms with Gasteiger partial charge in [-0.3, -0.25) is 9.59 Å². The molecule has 0 aliphatic rings. The van der Waals surface area contributed by atoms with E-state index in [-0.39, 0.29) is 23.5 Å². The molecule has 35 heavy (non-hydrogen) atoms. The molecule has 0 bridgehead atoms. The molecule has 2 aromatic carbocycles. The van der Waals surface area contributed by atoms with Crippen molar-refractivity contribution in [3.63, 3.8) is 0 Å². The van der Waals surface area contributed by atoms with E-state index in [1.54, 1.807) is 24.3 Å². The number of methoxy groups -OCH3 is 1. The highest BCUT2D eigenvalue weighted by molar-refractivity contribution is 6.30. The summed E-state index contributed by atoms with van der Waals surface area (Å²) in [6.45, 7) is 2.61. The number of amides is 1. The van der Waals surface area contributed by atoms with Gasteiger partial charge in [-0.15, -0.1) is 0 Å². The molecule has 1 heterocycles. The molecule has 3 aromatic rings. The number of ether oxygens (including phenoxy) is 1. The number of aromatic nitrogens is 2. The Morgan fingerprint density at radius 1 is 1.06 bits per heavy atom.